The zero-order chi connectivity index (χ0) is 20.7. The molecule has 162 valence electrons. The van der Waals surface area contributed by atoms with E-state index in [0.717, 1.165) is 5.69 Å². The molecular weight excluding hydrogens is 491 g/mol. The molecule has 0 spiro atoms. The van der Waals surface area contributed by atoms with E-state index in [1.807, 2.05) is 26.8 Å². The van der Waals surface area contributed by atoms with Gasteiger partial charge in [0, 0.05) is 24.7 Å². The molecule has 6 nitrogen and oxygen atoms in total. The van der Waals surface area contributed by atoms with Crippen LogP contribution in [0.4, 0.5) is 8.78 Å². The summed E-state index contributed by atoms with van der Waals surface area (Å²) in [6.07, 6.45) is 0. The number of benzene rings is 1. The summed E-state index contributed by atoms with van der Waals surface area (Å²) in [7, 11) is 3.56. The molecule has 0 saturated heterocycles. The Morgan fingerprint density at radius 2 is 1.86 bits per heavy atom. The predicted octanol–water partition coefficient (Wildman–Crippen LogP) is 4.05. The molecule has 2 N–H and O–H groups in total. The minimum atomic E-state index is -0.565. The van der Waals surface area contributed by atoms with Gasteiger partial charge in [0.1, 0.15) is 18.2 Å². The molecule has 2 aromatic rings. The molecule has 1 unspecified atom stereocenters. The molecule has 9 heteroatoms. The van der Waals surface area contributed by atoms with Crippen LogP contribution in [-0.4, -0.2) is 43.2 Å². The van der Waals surface area contributed by atoms with Crippen molar-refractivity contribution in [3.8, 4) is 0 Å². The van der Waals surface area contributed by atoms with Crippen LogP contribution >= 0.6 is 24.0 Å². The highest BCUT2D eigenvalue weighted by Gasteiger charge is 2.22. The Morgan fingerprint density at radius 1 is 1.21 bits per heavy atom. The number of nitrogens with zero attached hydrogens (tertiary/aromatic N) is 3. The van der Waals surface area contributed by atoms with E-state index in [1.54, 1.807) is 19.0 Å². The van der Waals surface area contributed by atoms with Gasteiger partial charge in [-0.2, -0.15) is 0 Å². The first-order valence-electron chi connectivity index (χ1n) is 9.41. The van der Waals surface area contributed by atoms with E-state index in [9.17, 15) is 8.78 Å². The van der Waals surface area contributed by atoms with E-state index < -0.39 is 17.7 Å². The molecule has 0 amide bonds. The van der Waals surface area contributed by atoms with E-state index in [2.05, 4.69) is 20.8 Å². The lowest BCUT2D eigenvalue weighted by Gasteiger charge is -2.26. The van der Waals surface area contributed by atoms with Crippen LogP contribution in [0.3, 0.4) is 0 Å². The molecule has 2 rings (SSSR count). The third kappa shape index (κ3) is 7.22. The minimum absolute atomic E-state index is 0. The van der Waals surface area contributed by atoms with Crippen LogP contribution in [0.15, 0.2) is 33.8 Å². The third-order valence-corrected chi connectivity index (χ3v) is 4.33. The minimum Gasteiger partial charge on any atom is -0.359 e. The molecule has 29 heavy (non-hydrogen) atoms. The van der Waals surface area contributed by atoms with Crippen LogP contribution < -0.4 is 10.6 Å². The van der Waals surface area contributed by atoms with Crippen molar-refractivity contribution in [2.24, 2.45) is 4.99 Å². The molecule has 1 aromatic heterocycles. The number of aliphatic imine (C=N–C) groups is 1. The molecule has 0 fully saturated rings. The van der Waals surface area contributed by atoms with Crippen molar-refractivity contribution < 1.29 is 13.3 Å². The van der Waals surface area contributed by atoms with Gasteiger partial charge < -0.3 is 20.1 Å². The van der Waals surface area contributed by atoms with E-state index in [1.165, 1.54) is 18.2 Å². The van der Waals surface area contributed by atoms with Gasteiger partial charge in [-0.3, -0.25) is 0 Å². The number of halogens is 3. The summed E-state index contributed by atoms with van der Waals surface area (Å²) in [5, 5.41) is 10.3. The molecule has 0 aliphatic carbocycles. The summed E-state index contributed by atoms with van der Waals surface area (Å²) >= 11 is 0. The lowest BCUT2D eigenvalue weighted by Crippen LogP contribution is -2.42. The first-order chi connectivity index (χ1) is 13.3. The number of likely N-dealkylation sites (N-methyl/N-ethyl adjacent to an activating group) is 1. The number of aromatic nitrogens is 1. The van der Waals surface area contributed by atoms with Gasteiger partial charge in [-0.15, -0.1) is 24.0 Å². The molecule has 1 atom stereocenters. The van der Waals surface area contributed by atoms with Gasteiger partial charge in [-0.1, -0.05) is 25.1 Å². The van der Waals surface area contributed by atoms with E-state index in [-0.39, 0.29) is 42.0 Å². The van der Waals surface area contributed by atoms with Crippen LogP contribution in [-0.2, 0) is 6.54 Å². The standard InChI is InChI=1S/C20H29F2N5O.HI/c1-6-23-20(24-11-14-10-17(13(2)3)26-28-14)25-12-18(27(4)5)19-15(21)8-7-9-16(19)22;/h7-10,13,18H,6,11-12H2,1-5H3,(H2,23,24,25);1H. The average Bonchev–Trinajstić information content (AvgIpc) is 3.11. The van der Waals surface area contributed by atoms with Gasteiger partial charge in [0.15, 0.2) is 11.7 Å². The Balaban J connectivity index is 0.00000420. The lowest BCUT2D eigenvalue weighted by atomic mass is 10.0. The molecule has 1 heterocycles. The Kier molecular flexibility index (Phi) is 10.5. The van der Waals surface area contributed by atoms with Crippen LogP contribution in [0, 0.1) is 11.6 Å². The Hall–Kier alpha value is -1.75. The Labute approximate surface area is 188 Å². The molecule has 0 aliphatic rings. The number of nitrogens with one attached hydrogen (secondary N) is 2. The van der Waals surface area contributed by atoms with Crippen LogP contribution in [0.2, 0.25) is 0 Å². The van der Waals surface area contributed by atoms with Crippen molar-refractivity contribution in [1.29, 1.82) is 0 Å². The maximum Gasteiger partial charge on any atom is 0.191 e. The lowest BCUT2D eigenvalue weighted by molar-refractivity contribution is 0.282. The number of hydrogen-bond acceptors (Lipinski definition) is 4. The van der Waals surface area contributed by atoms with Gasteiger partial charge in [0.25, 0.3) is 0 Å². The van der Waals surface area contributed by atoms with Gasteiger partial charge in [0.2, 0.25) is 0 Å². The van der Waals surface area contributed by atoms with Crippen molar-refractivity contribution in [1.82, 2.24) is 20.7 Å². The van der Waals surface area contributed by atoms with Crippen LogP contribution in [0.1, 0.15) is 49.7 Å². The van der Waals surface area contributed by atoms with E-state index >= 15 is 0 Å². The smallest absolute Gasteiger partial charge is 0.191 e. The van der Waals surface area contributed by atoms with Crippen molar-refractivity contribution in [2.45, 2.75) is 39.3 Å². The van der Waals surface area contributed by atoms with E-state index in [0.29, 0.717) is 24.8 Å². The quantitative estimate of drug-likeness (QED) is 0.312. The molecule has 0 bridgehead atoms. The fourth-order valence-electron chi connectivity index (χ4n) is 2.74. The van der Waals surface area contributed by atoms with Gasteiger partial charge in [0.05, 0.1) is 11.7 Å². The number of rotatable bonds is 8. The highest BCUT2D eigenvalue weighted by atomic mass is 127. The topological polar surface area (TPSA) is 65.7 Å². The summed E-state index contributed by atoms with van der Waals surface area (Å²) in [5.41, 5.74) is 0.915. The van der Waals surface area contributed by atoms with Crippen molar-refractivity contribution in [2.75, 3.05) is 27.2 Å². The second-order valence-corrected chi connectivity index (χ2v) is 7.06. The second kappa shape index (κ2) is 12.1. The fraction of sp³-hybridized carbons (Fsp3) is 0.500. The summed E-state index contributed by atoms with van der Waals surface area (Å²) in [4.78, 5) is 6.25. The summed E-state index contributed by atoms with van der Waals surface area (Å²) < 4.78 is 33.7. The zero-order valence-corrected chi connectivity index (χ0v) is 19.8. The first-order valence-corrected chi connectivity index (χ1v) is 9.41. The summed E-state index contributed by atoms with van der Waals surface area (Å²) in [6, 6.07) is 5.29. The van der Waals surface area contributed by atoms with Crippen LogP contribution in [0.25, 0.3) is 0 Å². The molecule has 0 radical (unpaired) electrons. The Bertz CT molecular complexity index is 775. The van der Waals surface area contributed by atoms with Crippen molar-refractivity contribution in [3.63, 3.8) is 0 Å². The van der Waals surface area contributed by atoms with E-state index in [4.69, 9.17) is 4.52 Å². The third-order valence-electron chi connectivity index (χ3n) is 4.33. The van der Waals surface area contributed by atoms with Crippen molar-refractivity contribution in [3.05, 3.63) is 52.9 Å². The maximum atomic E-state index is 14.2. The monoisotopic (exact) mass is 521 g/mol. The molecule has 0 aliphatic heterocycles. The van der Waals surface area contributed by atoms with Gasteiger partial charge >= 0.3 is 0 Å². The average molecular weight is 521 g/mol. The maximum absolute atomic E-state index is 14.2. The molecular formula is C20H30F2IN5O. The fourth-order valence-corrected chi connectivity index (χ4v) is 2.74. The summed E-state index contributed by atoms with van der Waals surface area (Å²) in [6.45, 7) is 7.28. The number of guanidine groups is 1. The number of hydrogen-bond donors (Lipinski definition) is 2. The largest absolute Gasteiger partial charge is 0.359 e. The predicted molar refractivity (Wildman–Crippen MR) is 122 cm³/mol. The normalized spacial score (nSPS) is 12.8. The Morgan fingerprint density at radius 3 is 2.38 bits per heavy atom. The van der Waals surface area contributed by atoms with Crippen molar-refractivity contribution >= 4 is 29.9 Å². The zero-order valence-electron chi connectivity index (χ0n) is 17.5. The first kappa shape index (κ1) is 25.3. The molecule has 1 aromatic carbocycles. The molecule has 0 saturated carbocycles. The van der Waals surface area contributed by atoms with Gasteiger partial charge in [-0.25, -0.2) is 13.8 Å². The highest BCUT2D eigenvalue weighted by molar-refractivity contribution is 14.0. The highest BCUT2D eigenvalue weighted by Crippen LogP contribution is 2.23. The second-order valence-electron chi connectivity index (χ2n) is 7.06. The van der Waals surface area contributed by atoms with Gasteiger partial charge in [-0.05, 0) is 39.1 Å². The SMILES string of the molecule is CCNC(=NCc1cc(C(C)C)no1)NCC(c1c(F)cccc1F)N(C)C.I. The summed E-state index contributed by atoms with van der Waals surface area (Å²) in [5.74, 6) is 0.346. The van der Waals surface area contributed by atoms with Crippen LogP contribution in [0.5, 0.6) is 0 Å².